The molecular weight excluding hydrogens is 398 g/mol. The van der Waals surface area contributed by atoms with Gasteiger partial charge in [-0.05, 0) is 50.1 Å². The van der Waals surface area contributed by atoms with Crippen LogP contribution in [0.1, 0.15) is 51.2 Å². The summed E-state index contributed by atoms with van der Waals surface area (Å²) >= 11 is 3.25. The maximum absolute atomic E-state index is 13.3. The molecule has 9 nitrogen and oxygen atoms in total. The predicted molar refractivity (Wildman–Crippen MR) is 104 cm³/mol. The average Bonchev–Trinajstić information content (AvgIpc) is 3.38. The molecule has 3 aliphatic heterocycles. The number of nitrogens with zero attached hydrogens (tertiary/aromatic N) is 5. The van der Waals surface area contributed by atoms with Crippen molar-refractivity contribution >= 4 is 34.9 Å². The van der Waals surface area contributed by atoms with Gasteiger partial charge in [-0.15, -0.1) is 22.0 Å². The van der Waals surface area contributed by atoms with E-state index in [4.69, 9.17) is 0 Å². The third kappa shape index (κ3) is 2.32. The topological polar surface area (TPSA) is 107 Å². The van der Waals surface area contributed by atoms with Crippen LogP contribution in [-0.4, -0.2) is 64.1 Å². The molecule has 0 spiro atoms. The molecule has 148 valence electrons. The summed E-state index contributed by atoms with van der Waals surface area (Å²) in [7, 11) is 0. The van der Waals surface area contributed by atoms with Crippen LogP contribution >= 0.6 is 23.1 Å². The van der Waals surface area contributed by atoms with Crippen molar-refractivity contribution in [3.05, 3.63) is 28.2 Å². The number of hydrogen-bond donors (Lipinski definition) is 2. The lowest BCUT2D eigenvalue weighted by atomic mass is 9.93. The zero-order valence-corrected chi connectivity index (χ0v) is 17.5. The molecule has 0 radical (unpaired) electrons. The molecule has 3 saturated heterocycles. The number of carbonyl (C=O) groups excluding carboxylic acids is 2. The van der Waals surface area contributed by atoms with E-state index in [1.165, 1.54) is 0 Å². The van der Waals surface area contributed by atoms with Crippen LogP contribution in [0.3, 0.4) is 0 Å². The molecule has 11 heteroatoms. The molecule has 3 fully saturated rings. The summed E-state index contributed by atoms with van der Waals surface area (Å²) in [4.78, 5) is 30.1. The van der Waals surface area contributed by atoms with E-state index >= 15 is 0 Å². The fourth-order valence-electron chi connectivity index (χ4n) is 4.58. The number of amides is 2. The largest absolute Gasteiger partial charge is 0.314 e. The van der Waals surface area contributed by atoms with Gasteiger partial charge in [0.25, 0.3) is 0 Å². The zero-order valence-electron chi connectivity index (χ0n) is 15.9. The third-order valence-electron chi connectivity index (χ3n) is 5.76. The number of thioether (sulfide) groups is 1. The van der Waals surface area contributed by atoms with E-state index in [2.05, 4.69) is 39.8 Å². The smallest absolute Gasteiger partial charge is 0.250 e. The molecule has 5 heterocycles. The van der Waals surface area contributed by atoms with Gasteiger partial charge in [0.05, 0.1) is 5.66 Å². The van der Waals surface area contributed by atoms with Crippen molar-refractivity contribution in [1.29, 1.82) is 0 Å². The molecule has 2 amide bonds. The summed E-state index contributed by atoms with van der Waals surface area (Å²) in [5.41, 5.74) is 0.323. The Morgan fingerprint density at radius 1 is 1.18 bits per heavy atom. The molecule has 0 saturated carbocycles. The highest BCUT2D eigenvalue weighted by atomic mass is 32.2. The molecule has 2 aromatic heterocycles. The SMILES string of the molecule is CC1(C)S[C@H]2C(N3C(=O)C(c4ccsc4)NC3(C)C)C(=O)N2C1c1nn[nH]n1. The van der Waals surface area contributed by atoms with E-state index in [1.54, 1.807) is 28.0 Å². The highest BCUT2D eigenvalue weighted by Crippen LogP contribution is 2.58. The monoisotopic (exact) mass is 419 g/mol. The Morgan fingerprint density at radius 3 is 2.61 bits per heavy atom. The standard InChI is InChI=1S/C17H21N7O2S2/c1-16(2)11(12-19-21-22-20-12)23-14(26)10(15(23)28-16)24-13(25)9(18-17(24,3)4)8-5-6-27-7-8/h5-7,9-11,15,18H,1-4H3,(H,19,20,21,22)/t9?,10?,11?,15-/m0/s1. The van der Waals surface area contributed by atoms with Crippen LogP contribution in [0.2, 0.25) is 0 Å². The molecular formula is C17H21N7O2S2. The Balaban J connectivity index is 1.47. The van der Waals surface area contributed by atoms with Crippen molar-refractivity contribution in [3.8, 4) is 0 Å². The fraction of sp³-hybridized carbons (Fsp3) is 0.588. The first kappa shape index (κ1) is 18.1. The van der Waals surface area contributed by atoms with Crippen LogP contribution in [0.15, 0.2) is 16.8 Å². The minimum absolute atomic E-state index is 0.0529. The van der Waals surface area contributed by atoms with E-state index in [-0.39, 0.29) is 28.0 Å². The van der Waals surface area contributed by atoms with E-state index in [0.717, 1.165) is 5.56 Å². The number of aromatic nitrogens is 4. The summed E-state index contributed by atoms with van der Waals surface area (Å²) in [5, 5.41) is 21.6. The number of nitrogens with one attached hydrogen (secondary N) is 2. The first-order chi connectivity index (χ1) is 13.2. The van der Waals surface area contributed by atoms with Gasteiger partial charge in [-0.3, -0.25) is 14.9 Å². The van der Waals surface area contributed by atoms with Gasteiger partial charge in [-0.2, -0.15) is 16.6 Å². The first-order valence-corrected chi connectivity index (χ1v) is 10.9. The van der Waals surface area contributed by atoms with Gasteiger partial charge in [0.2, 0.25) is 11.8 Å². The van der Waals surface area contributed by atoms with E-state index < -0.39 is 17.7 Å². The van der Waals surface area contributed by atoms with Gasteiger partial charge in [0.1, 0.15) is 23.5 Å². The van der Waals surface area contributed by atoms with Gasteiger partial charge in [0.15, 0.2) is 5.82 Å². The molecule has 0 aliphatic carbocycles. The number of hydrogen-bond acceptors (Lipinski definition) is 8. The van der Waals surface area contributed by atoms with Crippen LogP contribution < -0.4 is 5.32 Å². The molecule has 5 rings (SSSR count). The van der Waals surface area contributed by atoms with Gasteiger partial charge >= 0.3 is 0 Å². The summed E-state index contributed by atoms with van der Waals surface area (Å²) in [6.07, 6.45) is 0. The summed E-state index contributed by atoms with van der Waals surface area (Å²) in [6.45, 7) is 8.05. The van der Waals surface area contributed by atoms with E-state index in [0.29, 0.717) is 5.82 Å². The Hall–Kier alpha value is -1.98. The van der Waals surface area contributed by atoms with Crippen molar-refractivity contribution in [3.63, 3.8) is 0 Å². The zero-order chi connectivity index (χ0) is 19.8. The van der Waals surface area contributed by atoms with Gasteiger partial charge < -0.3 is 9.80 Å². The van der Waals surface area contributed by atoms with Crippen molar-refractivity contribution < 1.29 is 9.59 Å². The number of thiophene rings is 1. The lowest BCUT2D eigenvalue weighted by molar-refractivity contribution is -0.165. The lowest BCUT2D eigenvalue weighted by Gasteiger charge is -2.50. The summed E-state index contributed by atoms with van der Waals surface area (Å²) in [5.74, 6) is 0.392. The second-order valence-electron chi connectivity index (χ2n) is 8.38. The Kier molecular flexibility index (Phi) is 3.72. The van der Waals surface area contributed by atoms with E-state index in [9.17, 15) is 9.59 Å². The summed E-state index contributed by atoms with van der Waals surface area (Å²) < 4.78 is -0.286. The third-order valence-corrected chi connectivity index (χ3v) is 8.02. The fourth-order valence-corrected chi connectivity index (χ4v) is 6.95. The number of carbonyl (C=O) groups is 2. The highest BCUT2D eigenvalue weighted by molar-refractivity contribution is 8.01. The van der Waals surface area contributed by atoms with Crippen LogP contribution in [0, 0.1) is 0 Å². The minimum Gasteiger partial charge on any atom is -0.314 e. The Labute approximate surface area is 170 Å². The maximum atomic E-state index is 13.3. The van der Waals surface area contributed by atoms with Crippen molar-refractivity contribution in [2.75, 3.05) is 0 Å². The Bertz CT molecular complexity index is 927. The number of β-lactam (4-membered cyclic amide) rings is 1. The number of H-pyrrole nitrogens is 1. The van der Waals surface area contributed by atoms with Gasteiger partial charge in [0, 0.05) is 4.75 Å². The molecule has 2 N–H and O–H groups in total. The maximum Gasteiger partial charge on any atom is 0.250 e. The Morgan fingerprint density at radius 2 is 1.96 bits per heavy atom. The second-order valence-corrected chi connectivity index (χ2v) is 10.9. The van der Waals surface area contributed by atoms with Crippen LogP contribution in [0.25, 0.3) is 0 Å². The lowest BCUT2D eigenvalue weighted by Crippen LogP contribution is -2.71. The molecule has 2 aromatic rings. The van der Waals surface area contributed by atoms with Gasteiger partial charge in [-0.1, -0.05) is 5.21 Å². The number of rotatable bonds is 3. The normalized spacial score (nSPS) is 33.3. The van der Waals surface area contributed by atoms with Crippen molar-refractivity contribution in [2.24, 2.45) is 0 Å². The number of tetrazole rings is 1. The molecule has 0 aromatic carbocycles. The van der Waals surface area contributed by atoms with Crippen LogP contribution in [0.5, 0.6) is 0 Å². The molecule has 3 aliphatic rings. The molecule has 28 heavy (non-hydrogen) atoms. The van der Waals surface area contributed by atoms with Crippen molar-refractivity contribution in [2.45, 2.75) is 61.6 Å². The molecule has 4 atom stereocenters. The molecule has 3 unspecified atom stereocenters. The van der Waals surface area contributed by atoms with Crippen molar-refractivity contribution in [1.82, 2.24) is 35.7 Å². The average molecular weight is 420 g/mol. The quantitative estimate of drug-likeness (QED) is 0.722. The number of aromatic amines is 1. The predicted octanol–water partition coefficient (Wildman–Crippen LogP) is 1.27. The minimum atomic E-state index is -0.620. The van der Waals surface area contributed by atoms with Crippen LogP contribution in [-0.2, 0) is 9.59 Å². The van der Waals surface area contributed by atoms with Crippen LogP contribution in [0.4, 0.5) is 0 Å². The first-order valence-electron chi connectivity index (χ1n) is 9.09. The summed E-state index contributed by atoms with van der Waals surface area (Å²) in [6, 6.07) is 0.760. The molecule has 0 bridgehead atoms. The highest BCUT2D eigenvalue weighted by Gasteiger charge is 2.67. The number of fused-ring (bicyclic) bond motifs is 1. The van der Waals surface area contributed by atoms with E-state index in [1.807, 2.05) is 35.6 Å². The van der Waals surface area contributed by atoms with Gasteiger partial charge in [-0.25, -0.2) is 0 Å². The second kappa shape index (κ2) is 5.77.